The van der Waals surface area contributed by atoms with E-state index in [0.717, 1.165) is 50.5 Å². The van der Waals surface area contributed by atoms with E-state index in [1.807, 2.05) is 65.2 Å². The maximum absolute atomic E-state index is 5.78. The number of nitrogens with one attached hydrogen (secondary N) is 1. The summed E-state index contributed by atoms with van der Waals surface area (Å²) in [5.74, 6) is 1.51. The molecule has 6 aromatic rings. The van der Waals surface area contributed by atoms with Gasteiger partial charge in [-0.15, -0.1) is 0 Å². The summed E-state index contributed by atoms with van der Waals surface area (Å²) in [4.78, 5) is 22.8. The molecule has 0 saturated carbocycles. The maximum Gasteiger partial charge on any atom is 0.225 e. The van der Waals surface area contributed by atoms with Crippen molar-refractivity contribution in [3.05, 3.63) is 109 Å². The molecule has 0 aliphatic carbocycles. The fourth-order valence-corrected chi connectivity index (χ4v) is 4.53. The van der Waals surface area contributed by atoms with E-state index >= 15 is 0 Å². The average molecular weight is 499 g/mol. The highest BCUT2D eigenvalue weighted by atomic mass is 15.2. The molecule has 8 heteroatoms. The molecule has 3 aromatic carbocycles. The zero-order valence-corrected chi connectivity index (χ0v) is 21.1. The van der Waals surface area contributed by atoms with Crippen molar-refractivity contribution in [2.45, 2.75) is 19.9 Å². The zero-order chi connectivity index (χ0) is 26.1. The number of aryl methyl sites for hydroxylation is 1. The van der Waals surface area contributed by atoms with Gasteiger partial charge in [-0.25, -0.2) is 19.9 Å². The molecule has 38 heavy (non-hydrogen) atoms. The molecule has 1 atom stereocenters. The molecule has 0 amide bonds. The van der Waals surface area contributed by atoms with E-state index in [4.69, 9.17) is 15.7 Å². The molecule has 8 nitrogen and oxygen atoms in total. The second kappa shape index (κ2) is 9.74. The standard InChI is InChI=1S/C30H26N8/c1-19-8-6-7-11-23(19)25-17-28(37-30(36-25)34-20(2)21-9-4-3-5-10-21)38-18-33-26-16-22(12-13-27(26)38)24-14-15-32-29(31)35-24/h3-18,20H,1-2H3,(H2,31,32,35)(H,34,36,37)/t20-/m0/s1. The predicted octanol–water partition coefficient (Wildman–Crippen LogP) is 6.00. The first-order chi connectivity index (χ1) is 18.5. The molecule has 0 aliphatic rings. The van der Waals surface area contributed by atoms with E-state index in [-0.39, 0.29) is 12.0 Å². The number of hydrogen-bond donors (Lipinski definition) is 2. The lowest BCUT2D eigenvalue weighted by Gasteiger charge is -2.17. The van der Waals surface area contributed by atoms with Gasteiger partial charge in [0.05, 0.1) is 28.5 Å². The Hall–Kier alpha value is -5.11. The van der Waals surface area contributed by atoms with Gasteiger partial charge in [-0.3, -0.25) is 4.57 Å². The minimum atomic E-state index is 0.0264. The summed E-state index contributed by atoms with van der Waals surface area (Å²) in [7, 11) is 0. The Morgan fingerprint density at radius 1 is 0.816 bits per heavy atom. The topological polar surface area (TPSA) is 107 Å². The van der Waals surface area contributed by atoms with Gasteiger partial charge in [0.2, 0.25) is 11.9 Å². The van der Waals surface area contributed by atoms with E-state index in [2.05, 4.69) is 58.4 Å². The lowest BCUT2D eigenvalue weighted by Crippen LogP contribution is -2.11. The van der Waals surface area contributed by atoms with Crippen LogP contribution in [-0.4, -0.2) is 29.5 Å². The van der Waals surface area contributed by atoms with Crippen LogP contribution in [0.5, 0.6) is 0 Å². The van der Waals surface area contributed by atoms with Crippen molar-refractivity contribution in [2.75, 3.05) is 11.1 Å². The highest BCUT2D eigenvalue weighted by Crippen LogP contribution is 2.28. The number of rotatable bonds is 6. The van der Waals surface area contributed by atoms with Crippen molar-refractivity contribution in [1.29, 1.82) is 0 Å². The number of imidazole rings is 1. The first kappa shape index (κ1) is 23.3. The summed E-state index contributed by atoms with van der Waals surface area (Å²) in [5.41, 5.74) is 13.4. The minimum absolute atomic E-state index is 0.0264. The summed E-state index contributed by atoms with van der Waals surface area (Å²) in [6, 6.07) is 28.4. The third-order valence-corrected chi connectivity index (χ3v) is 6.54. The van der Waals surface area contributed by atoms with Crippen molar-refractivity contribution < 1.29 is 0 Å². The van der Waals surface area contributed by atoms with Gasteiger partial charge in [0.25, 0.3) is 0 Å². The Kier molecular flexibility index (Phi) is 5.97. The quantitative estimate of drug-likeness (QED) is 0.290. The first-order valence-corrected chi connectivity index (χ1v) is 12.4. The van der Waals surface area contributed by atoms with Gasteiger partial charge < -0.3 is 11.1 Å². The first-order valence-electron chi connectivity index (χ1n) is 12.4. The highest BCUT2D eigenvalue weighted by Gasteiger charge is 2.15. The van der Waals surface area contributed by atoms with Gasteiger partial charge in [-0.05, 0) is 43.2 Å². The molecule has 3 heterocycles. The molecular formula is C30H26N8. The van der Waals surface area contributed by atoms with Crippen LogP contribution in [0.15, 0.2) is 97.5 Å². The minimum Gasteiger partial charge on any atom is -0.368 e. The summed E-state index contributed by atoms with van der Waals surface area (Å²) in [5, 5.41) is 3.49. The number of anilines is 2. The average Bonchev–Trinajstić information content (AvgIpc) is 3.37. The van der Waals surface area contributed by atoms with Crippen LogP contribution in [0.3, 0.4) is 0 Å². The lowest BCUT2D eigenvalue weighted by atomic mass is 10.1. The Labute approximate surface area is 220 Å². The fraction of sp³-hybridized carbons (Fsp3) is 0.100. The van der Waals surface area contributed by atoms with Crippen LogP contribution >= 0.6 is 0 Å². The van der Waals surface area contributed by atoms with Crippen LogP contribution in [-0.2, 0) is 0 Å². The molecular weight excluding hydrogens is 472 g/mol. The molecule has 0 spiro atoms. The number of nitrogens with zero attached hydrogens (tertiary/aromatic N) is 6. The van der Waals surface area contributed by atoms with E-state index in [1.54, 1.807) is 12.5 Å². The van der Waals surface area contributed by atoms with Gasteiger partial charge in [0, 0.05) is 23.4 Å². The smallest absolute Gasteiger partial charge is 0.225 e. The molecule has 0 saturated heterocycles. The summed E-state index contributed by atoms with van der Waals surface area (Å²) >= 11 is 0. The normalized spacial score (nSPS) is 11.9. The Morgan fingerprint density at radius 2 is 1.63 bits per heavy atom. The molecule has 0 fully saturated rings. The second-order valence-electron chi connectivity index (χ2n) is 9.14. The second-order valence-corrected chi connectivity index (χ2v) is 9.14. The van der Waals surface area contributed by atoms with Gasteiger partial charge in [0.15, 0.2) is 0 Å². The third-order valence-electron chi connectivity index (χ3n) is 6.54. The highest BCUT2D eigenvalue weighted by molar-refractivity contribution is 5.83. The fourth-order valence-electron chi connectivity index (χ4n) is 4.53. The van der Waals surface area contributed by atoms with Crippen molar-refractivity contribution in [1.82, 2.24) is 29.5 Å². The van der Waals surface area contributed by atoms with Crippen molar-refractivity contribution in [3.63, 3.8) is 0 Å². The molecule has 3 aromatic heterocycles. The van der Waals surface area contributed by atoms with Gasteiger partial charge in [-0.2, -0.15) is 4.98 Å². The summed E-state index contributed by atoms with van der Waals surface area (Å²) in [6.45, 7) is 4.19. The van der Waals surface area contributed by atoms with Crippen LogP contribution in [0, 0.1) is 6.92 Å². The van der Waals surface area contributed by atoms with Gasteiger partial charge in [0.1, 0.15) is 12.1 Å². The molecule has 0 bridgehead atoms. The monoisotopic (exact) mass is 498 g/mol. The third kappa shape index (κ3) is 4.55. The van der Waals surface area contributed by atoms with Crippen LogP contribution in [0.2, 0.25) is 0 Å². The Bertz CT molecular complexity index is 1740. The molecule has 186 valence electrons. The van der Waals surface area contributed by atoms with Gasteiger partial charge >= 0.3 is 0 Å². The summed E-state index contributed by atoms with van der Waals surface area (Å²) < 4.78 is 1.98. The number of nitrogens with two attached hydrogens (primary N) is 1. The van der Waals surface area contributed by atoms with E-state index < -0.39 is 0 Å². The SMILES string of the molecule is Cc1ccccc1-c1cc(-n2cnc3cc(-c4ccnc(N)n4)ccc32)nc(N[C@@H](C)c2ccccc2)n1. The van der Waals surface area contributed by atoms with E-state index in [9.17, 15) is 0 Å². The van der Waals surface area contributed by atoms with E-state index in [1.165, 1.54) is 0 Å². The number of aromatic nitrogens is 6. The zero-order valence-electron chi connectivity index (χ0n) is 21.1. The summed E-state index contributed by atoms with van der Waals surface area (Å²) in [6.07, 6.45) is 3.44. The van der Waals surface area contributed by atoms with Crippen molar-refractivity contribution in [2.24, 2.45) is 0 Å². The number of benzene rings is 3. The Balaban J connectivity index is 1.44. The molecule has 0 unspecified atom stereocenters. The van der Waals surface area contributed by atoms with E-state index in [0.29, 0.717) is 5.95 Å². The molecule has 3 N–H and O–H groups in total. The predicted molar refractivity (Wildman–Crippen MR) is 151 cm³/mol. The van der Waals surface area contributed by atoms with Crippen LogP contribution in [0.1, 0.15) is 24.1 Å². The lowest BCUT2D eigenvalue weighted by molar-refractivity contribution is 0.855. The van der Waals surface area contributed by atoms with Crippen LogP contribution in [0.25, 0.3) is 39.4 Å². The molecule has 0 aliphatic heterocycles. The number of nitrogen functional groups attached to an aromatic ring is 1. The van der Waals surface area contributed by atoms with Crippen LogP contribution < -0.4 is 11.1 Å². The Morgan fingerprint density at radius 3 is 2.45 bits per heavy atom. The number of fused-ring (bicyclic) bond motifs is 1. The molecule has 6 rings (SSSR count). The van der Waals surface area contributed by atoms with Crippen molar-refractivity contribution >= 4 is 22.9 Å². The van der Waals surface area contributed by atoms with Gasteiger partial charge in [-0.1, -0.05) is 60.7 Å². The van der Waals surface area contributed by atoms with Crippen LogP contribution in [0.4, 0.5) is 11.9 Å². The van der Waals surface area contributed by atoms with Crippen molar-refractivity contribution in [3.8, 4) is 28.3 Å². The maximum atomic E-state index is 5.78. The largest absolute Gasteiger partial charge is 0.368 e. The number of hydrogen-bond acceptors (Lipinski definition) is 7. The molecule has 0 radical (unpaired) electrons.